The first-order valence-corrected chi connectivity index (χ1v) is 6.41. The maximum absolute atomic E-state index is 13.7. The van der Waals surface area contributed by atoms with Crippen LogP contribution in [0.25, 0.3) is 0 Å². The van der Waals surface area contributed by atoms with E-state index < -0.39 is 17.6 Å². The first kappa shape index (κ1) is 13.7. The van der Waals surface area contributed by atoms with Crippen LogP contribution in [0.15, 0.2) is 42.5 Å². The van der Waals surface area contributed by atoms with Crippen LogP contribution < -0.4 is 10.6 Å². The van der Waals surface area contributed by atoms with E-state index in [9.17, 15) is 17.6 Å². The minimum absolute atomic E-state index is 0.281. The second-order valence-corrected chi connectivity index (χ2v) is 4.86. The Kier molecular flexibility index (Phi) is 3.23. The number of hydrogen-bond donors (Lipinski definition) is 2. The molecule has 1 aliphatic rings. The summed E-state index contributed by atoms with van der Waals surface area (Å²) in [6.07, 6.45) is -4.35. The van der Waals surface area contributed by atoms with Crippen molar-refractivity contribution in [3.05, 3.63) is 59.4 Å². The quantitative estimate of drug-likeness (QED) is 0.761. The van der Waals surface area contributed by atoms with E-state index in [2.05, 4.69) is 10.6 Å². The number of halogens is 4. The molecule has 3 rings (SSSR count). The molecule has 2 aromatic carbocycles. The summed E-state index contributed by atoms with van der Waals surface area (Å²) >= 11 is 0. The molecular weight excluding hydrogens is 284 g/mol. The molecule has 0 amide bonds. The van der Waals surface area contributed by atoms with Crippen LogP contribution in [0.2, 0.25) is 0 Å². The van der Waals surface area contributed by atoms with Gasteiger partial charge in [0.2, 0.25) is 0 Å². The third-order valence-electron chi connectivity index (χ3n) is 3.47. The van der Waals surface area contributed by atoms with Gasteiger partial charge in [0.25, 0.3) is 0 Å². The fourth-order valence-electron chi connectivity index (χ4n) is 2.36. The Hall–Kier alpha value is -2.24. The summed E-state index contributed by atoms with van der Waals surface area (Å²) in [6, 6.07) is 9.29. The second kappa shape index (κ2) is 4.95. The van der Waals surface area contributed by atoms with E-state index >= 15 is 0 Å². The number of rotatable bonds is 1. The second-order valence-electron chi connectivity index (χ2n) is 4.86. The van der Waals surface area contributed by atoms with Gasteiger partial charge in [-0.25, -0.2) is 4.39 Å². The summed E-state index contributed by atoms with van der Waals surface area (Å²) in [5.41, 5.74) is 0.970. The Morgan fingerprint density at radius 3 is 2.38 bits per heavy atom. The zero-order chi connectivity index (χ0) is 15.0. The minimum Gasteiger partial charge on any atom is -0.381 e. The zero-order valence-corrected chi connectivity index (χ0v) is 10.8. The Bertz CT molecular complexity index is 650. The van der Waals surface area contributed by atoms with Gasteiger partial charge in [0.1, 0.15) is 5.82 Å². The van der Waals surface area contributed by atoms with Gasteiger partial charge in [0.15, 0.2) is 0 Å². The van der Waals surface area contributed by atoms with Crippen molar-refractivity contribution in [2.75, 3.05) is 17.2 Å². The Morgan fingerprint density at radius 2 is 1.71 bits per heavy atom. The lowest BCUT2D eigenvalue weighted by Crippen LogP contribution is -2.26. The van der Waals surface area contributed by atoms with E-state index in [1.165, 1.54) is 18.2 Å². The normalized spacial score (nSPS) is 17.6. The number of para-hydroxylation sites is 1. The third kappa shape index (κ3) is 2.66. The summed E-state index contributed by atoms with van der Waals surface area (Å²) in [6.45, 7) is 0.474. The van der Waals surface area contributed by atoms with Crippen LogP contribution >= 0.6 is 0 Å². The number of anilines is 2. The molecular formula is C15H12F4N2. The van der Waals surface area contributed by atoms with E-state index in [1.54, 1.807) is 12.1 Å². The first-order chi connectivity index (χ1) is 9.95. The lowest BCUT2D eigenvalue weighted by Gasteiger charge is -2.29. The van der Waals surface area contributed by atoms with Gasteiger partial charge in [-0.15, -0.1) is 0 Å². The summed E-state index contributed by atoms with van der Waals surface area (Å²) in [5, 5.41) is 6.09. The third-order valence-corrected chi connectivity index (χ3v) is 3.47. The van der Waals surface area contributed by atoms with Crippen molar-refractivity contribution in [2.24, 2.45) is 0 Å². The van der Waals surface area contributed by atoms with E-state index in [-0.39, 0.29) is 6.04 Å². The summed E-state index contributed by atoms with van der Waals surface area (Å²) in [4.78, 5) is 0. The fourth-order valence-corrected chi connectivity index (χ4v) is 2.36. The number of hydrogen-bond acceptors (Lipinski definition) is 2. The van der Waals surface area contributed by atoms with Gasteiger partial charge in [-0.1, -0.05) is 18.2 Å². The van der Waals surface area contributed by atoms with Crippen LogP contribution in [-0.4, -0.2) is 6.54 Å². The molecule has 110 valence electrons. The highest BCUT2D eigenvalue weighted by Crippen LogP contribution is 2.35. The number of benzene rings is 2. The highest BCUT2D eigenvalue weighted by molar-refractivity contribution is 5.72. The molecule has 1 heterocycles. The molecule has 0 aliphatic carbocycles. The summed E-state index contributed by atoms with van der Waals surface area (Å²) < 4.78 is 51.3. The standard InChI is InChI=1S/C15H12F4N2/c16-11-2-1-3-12-14(11)21-13(8-20-12)9-4-6-10(7-5-9)15(17,18)19/h1-7,13,20-21H,8H2. The van der Waals surface area contributed by atoms with Crippen LogP contribution in [0, 0.1) is 5.82 Å². The molecule has 21 heavy (non-hydrogen) atoms. The van der Waals surface area contributed by atoms with Crippen molar-refractivity contribution in [1.29, 1.82) is 0 Å². The van der Waals surface area contributed by atoms with Crippen molar-refractivity contribution < 1.29 is 17.6 Å². The van der Waals surface area contributed by atoms with Crippen LogP contribution in [0.3, 0.4) is 0 Å². The molecule has 1 unspecified atom stereocenters. The van der Waals surface area contributed by atoms with Crippen LogP contribution in [0.4, 0.5) is 28.9 Å². The fraction of sp³-hybridized carbons (Fsp3) is 0.200. The average Bonchev–Trinajstić information content (AvgIpc) is 2.47. The van der Waals surface area contributed by atoms with Crippen LogP contribution in [0.5, 0.6) is 0 Å². The van der Waals surface area contributed by atoms with E-state index in [0.717, 1.165) is 12.1 Å². The Morgan fingerprint density at radius 1 is 1.00 bits per heavy atom. The molecule has 1 atom stereocenters. The van der Waals surface area contributed by atoms with Gasteiger partial charge in [-0.05, 0) is 29.8 Å². The highest BCUT2D eigenvalue weighted by atomic mass is 19.4. The molecule has 1 aliphatic heterocycles. The average molecular weight is 296 g/mol. The van der Waals surface area contributed by atoms with Crippen molar-refractivity contribution in [3.8, 4) is 0 Å². The smallest absolute Gasteiger partial charge is 0.381 e. The lowest BCUT2D eigenvalue weighted by molar-refractivity contribution is -0.137. The predicted molar refractivity (Wildman–Crippen MR) is 72.7 cm³/mol. The Balaban J connectivity index is 1.85. The van der Waals surface area contributed by atoms with E-state index in [0.29, 0.717) is 23.5 Å². The van der Waals surface area contributed by atoms with Gasteiger partial charge in [-0.3, -0.25) is 0 Å². The lowest BCUT2D eigenvalue weighted by atomic mass is 10.0. The molecule has 0 fully saturated rings. The van der Waals surface area contributed by atoms with Crippen molar-refractivity contribution in [2.45, 2.75) is 12.2 Å². The van der Waals surface area contributed by atoms with Gasteiger partial charge < -0.3 is 10.6 Å². The topological polar surface area (TPSA) is 24.1 Å². The van der Waals surface area contributed by atoms with Gasteiger partial charge in [0, 0.05) is 6.54 Å². The number of alkyl halides is 3. The minimum atomic E-state index is -4.35. The monoisotopic (exact) mass is 296 g/mol. The van der Waals surface area contributed by atoms with E-state index in [1.807, 2.05) is 0 Å². The highest BCUT2D eigenvalue weighted by Gasteiger charge is 2.30. The SMILES string of the molecule is Fc1cccc2c1NC(c1ccc(C(F)(F)F)cc1)CN2. The van der Waals surface area contributed by atoms with Crippen molar-refractivity contribution >= 4 is 11.4 Å². The van der Waals surface area contributed by atoms with Gasteiger partial charge >= 0.3 is 6.18 Å². The van der Waals surface area contributed by atoms with Gasteiger partial charge in [0.05, 0.1) is 23.0 Å². The van der Waals surface area contributed by atoms with Crippen molar-refractivity contribution in [1.82, 2.24) is 0 Å². The molecule has 0 bridgehead atoms. The molecule has 0 spiro atoms. The predicted octanol–water partition coefficient (Wildman–Crippen LogP) is 4.42. The molecule has 2 aromatic rings. The van der Waals surface area contributed by atoms with Crippen LogP contribution in [-0.2, 0) is 6.18 Å². The first-order valence-electron chi connectivity index (χ1n) is 6.41. The maximum atomic E-state index is 13.7. The largest absolute Gasteiger partial charge is 0.416 e. The molecule has 2 nitrogen and oxygen atoms in total. The molecule has 0 saturated carbocycles. The van der Waals surface area contributed by atoms with Crippen molar-refractivity contribution in [3.63, 3.8) is 0 Å². The molecule has 6 heteroatoms. The molecule has 2 N–H and O–H groups in total. The molecule has 0 radical (unpaired) electrons. The van der Waals surface area contributed by atoms with E-state index in [4.69, 9.17) is 0 Å². The summed E-state index contributed by atoms with van der Waals surface area (Å²) in [5.74, 6) is -0.392. The molecule has 0 saturated heterocycles. The number of fused-ring (bicyclic) bond motifs is 1. The van der Waals surface area contributed by atoms with Crippen LogP contribution in [0.1, 0.15) is 17.2 Å². The Labute approximate surface area is 118 Å². The van der Waals surface area contributed by atoms with Gasteiger partial charge in [-0.2, -0.15) is 13.2 Å². The number of nitrogens with one attached hydrogen (secondary N) is 2. The zero-order valence-electron chi connectivity index (χ0n) is 10.8. The maximum Gasteiger partial charge on any atom is 0.416 e. The summed E-state index contributed by atoms with van der Waals surface area (Å²) in [7, 11) is 0. The molecule has 0 aromatic heterocycles.